The third kappa shape index (κ3) is 3.22. The van der Waals surface area contributed by atoms with E-state index in [1.165, 1.54) is 109 Å². The second-order valence-electron chi connectivity index (χ2n) is 16.2. The normalized spacial score (nSPS) is 31.9. The van der Waals surface area contributed by atoms with Crippen molar-refractivity contribution in [2.75, 3.05) is 4.90 Å². The molecule has 0 aliphatic heterocycles. The standard InChI is InChI=1S/C43H45N/c1-41(2)39-11-7-6-10-37(39)38-21-20-36(24-40(38)41)44(34-16-12-30(13-17-34)29-8-4-3-5-9-29)35-18-14-31(15-19-35)42-25-28-22-32-23-33(27-42)43(32,42)26-28/h6-7,10-21,24,28-29,32-33H,3-5,8-9,22-23,25-27H2,1-2H3. The number of rotatable bonds is 5. The first-order valence-corrected chi connectivity index (χ1v) is 17.7. The molecule has 0 heterocycles. The largest absolute Gasteiger partial charge is 0.310 e. The molecule has 6 aliphatic carbocycles. The first-order chi connectivity index (χ1) is 21.5. The van der Waals surface area contributed by atoms with E-state index in [1.54, 1.807) is 5.56 Å². The molecule has 1 nitrogen and oxygen atoms in total. The zero-order chi connectivity index (χ0) is 29.3. The molecule has 5 fully saturated rings. The van der Waals surface area contributed by atoms with Crippen LogP contribution in [0.1, 0.15) is 106 Å². The number of anilines is 3. The highest BCUT2D eigenvalue weighted by molar-refractivity contribution is 5.85. The molecule has 222 valence electrons. The van der Waals surface area contributed by atoms with Gasteiger partial charge in [0.1, 0.15) is 0 Å². The predicted molar refractivity (Wildman–Crippen MR) is 182 cm³/mol. The first-order valence-electron chi connectivity index (χ1n) is 17.7. The summed E-state index contributed by atoms with van der Waals surface area (Å²) in [5.41, 5.74) is 13.8. The molecular formula is C43H45N. The van der Waals surface area contributed by atoms with Crippen molar-refractivity contribution < 1.29 is 0 Å². The van der Waals surface area contributed by atoms with Crippen molar-refractivity contribution >= 4 is 17.1 Å². The van der Waals surface area contributed by atoms with Crippen molar-refractivity contribution in [1.29, 1.82) is 0 Å². The molecule has 2 bridgehead atoms. The molecule has 10 rings (SSSR count). The molecule has 5 unspecified atom stereocenters. The van der Waals surface area contributed by atoms with Crippen molar-refractivity contribution in [3.63, 3.8) is 0 Å². The summed E-state index contributed by atoms with van der Waals surface area (Å²) in [5, 5.41) is 0. The van der Waals surface area contributed by atoms with Crippen molar-refractivity contribution in [1.82, 2.24) is 0 Å². The van der Waals surface area contributed by atoms with Crippen LogP contribution in [-0.4, -0.2) is 0 Å². The van der Waals surface area contributed by atoms with Crippen LogP contribution in [0.4, 0.5) is 17.1 Å². The van der Waals surface area contributed by atoms with Gasteiger partial charge in [-0.3, -0.25) is 0 Å². The van der Waals surface area contributed by atoms with Crippen LogP contribution >= 0.6 is 0 Å². The number of fused-ring (bicyclic) bond motifs is 4. The van der Waals surface area contributed by atoms with Gasteiger partial charge in [-0.15, -0.1) is 0 Å². The van der Waals surface area contributed by atoms with Crippen LogP contribution < -0.4 is 4.90 Å². The Balaban J connectivity index is 1.05. The molecule has 6 aliphatic rings. The highest BCUT2D eigenvalue weighted by Gasteiger charge is 2.80. The van der Waals surface area contributed by atoms with Gasteiger partial charge in [-0.1, -0.05) is 87.7 Å². The van der Waals surface area contributed by atoms with Gasteiger partial charge < -0.3 is 4.90 Å². The van der Waals surface area contributed by atoms with E-state index in [4.69, 9.17) is 0 Å². The fraction of sp³-hybridized carbons (Fsp3) is 0.442. The summed E-state index contributed by atoms with van der Waals surface area (Å²) in [6.07, 6.45) is 14.3. The molecule has 1 spiro atoms. The summed E-state index contributed by atoms with van der Waals surface area (Å²) in [4.78, 5) is 2.53. The minimum Gasteiger partial charge on any atom is -0.310 e. The number of benzene rings is 4. The van der Waals surface area contributed by atoms with Gasteiger partial charge in [-0.2, -0.15) is 0 Å². The summed E-state index contributed by atoms with van der Waals surface area (Å²) >= 11 is 0. The lowest BCUT2D eigenvalue weighted by Gasteiger charge is -2.73. The molecule has 4 aromatic rings. The van der Waals surface area contributed by atoms with Gasteiger partial charge in [0.2, 0.25) is 0 Å². The molecule has 0 amide bonds. The molecule has 1 heteroatoms. The average molecular weight is 576 g/mol. The van der Waals surface area contributed by atoms with Crippen LogP contribution in [0.2, 0.25) is 0 Å². The second kappa shape index (κ2) is 8.90. The second-order valence-corrected chi connectivity index (χ2v) is 16.2. The lowest BCUT2D eigenvalue weighted by molar-refractivity contribution is -0.198. The zero-order valence-corrected chi connectivity index (χ0v) is 26.5. The van der Waals surface area contributed by atoms with Gasteiger partial charge in [0.25, 0.3) is 0 Å². The smallest absolute Gasteiger partial charge is 0.0465 e. The van der Waals surface area contributed by atoms with Crippen LogP contribution in [0.3, 0.4) is 0 Å². The molecule has 44 heavy (non-hydrogen) atoms. The van der Waals surface area contributed by atoms with Crippen LogP contribution in [0, 0.1) is 23.2 Å². The van der Waals surface area contributed by atoms with E-state index in [2.05, 4.69) is 110 Å². The van der Waals surface area contributed by atoms with Gasteiger partial charge in [-0.05, 0) is 144 Å². The van der Waals surface area contributed by atoms with Crippen LogP contribution in [-0.2, 0) is 10.8 Å². The maximum Gasteiger partial charge on any atom is 0.0465 e. The SMILES string of the molecule is CC1(C)c2ccccc2-c2ccc(N(c3ccc(C4CCCCC4)cc3)c3ccc(C45CC6CC7CC(C4)C75C6)cc3)cc21. The quantitative estimate of drug-likeness (QED) is 0.229. The monoisotopic (exact) mass is 575 g/mol. The predicted octanol–water partition coefficient (Wildman–Crippen LogP) is 11.6. The van der Waals surface area contributed by atoms with Crippen molar-refractivity contribution in [2.24, 2.45) is 23.2 Å². The minimum atomic E-state index is -0.0113. The lowest BCUT2D eigenvalue weighted by Crippen LogP contribution is -2.68. The van der Waals surface area contributed by atoms with E-state index in [-0.39, 0.29) is 5.41 Å². The zero-order valence-electron chi connectivity index (χ0n) is 26.5. The number of nitrogens with zero attached hydrogens (tertiary/aromatic N) is 1. The van der Waals surface area contributed by atoms with Crippen molar-refractivity contribution in [3.05, 3.63) is 113 Å². The van der Waals surface area contributed by atoms with E-state index in [9.17, 15) is 0 Å². The molecule has 0 saturated heterocycles. The van der Waals surface area contributed by atoms with Gasteiger partial charge in [0.15, 0.2) is 0 Å². The number of hydrogen-bond acceptors (Lipinski definition) is 1. The molecule has 0 radical (unpaired) electrons. The van der Waals surface area contributed by atoms with Crippen LogP contribution in [0.15, 0.2) is 91.0 Å². The topological polar surface area (TPSA) is 3.24 Å². The first kappa shape index (κ1) is 26.0. The Hall–Kier alpha value is -3.32. The van der Waals surface area contributed by atoms with Crippen molar-refractivity contribution in [2.45, 2.75) is 94.8 Å². The highest BCUT2D eigenvalue weighted by Crippen LogP contribution is 2.86. The lowest BCUT2D eigenvalue weighted by atomic mass is 9.31. The number of hydrogen-bond donors (Lipinski definition) is 0. The molecule has 5 atom stereocenters. The van der Waals surface area contributed by atoms with Gasteiger partial charge in [0.05, 0.1) is 0 Å². The molecule has 5 saturated carbocycles. The van der Waals surface area contributed by atoms with Gasteiger partial charge in [0, 0.05) is 27.9 Å². The van der Waals surface area contributed by atoms with E-state index in [0.717, 1.165) is 23.7 Å². The Morgan fingerprint density at radius 3 is 2.07 bits per heavy atom. The summed E-state index contributed by atoms with van der Waals surface area (Å²) in [6.45, 7) is 4.79. The summed E-state index contributed by atoms with van der Waals surface area (Å²) in [7, 11) is 0. The molecule has 0 N–H and O–H groups in total. The van der Waals surface area contributed by atoms with Crippen molar-refractivity contribution in [3.8, 4) is 11.1 Å². The van der Waals surface area contributed by atoms with Gasteiger partial charge in [-0.25, -0.2) is 0 Å². The summed E-state index contributed by atoms with van der Waals surface area (Å²) in [6, 6.07) is 35.9. The van der Waals surface area contributed by atoms with Gasteiger partial charge >= 0.3 is 0 Å². The Kier molecular flexibility index (Phi) is 5.25. The molecule has 0 aromatic heterocycles. The van der Waals surface area contributed by atoms with E-state index in [1.807, 2.05) is 0 Å². The van der Waals surface area contributed by atoms with E-state index in [0.29, 0.717) is 10.8 Å². The fourth-order valence-corrected chi connectivity index (χ4v) is 12.2. The maximum atomic E-state index is 2.53. The van der Waals surface area contributed by atoms with Crippen LogP contribution in [0.5, 0.6) is 0 Å². The third-order valence-corrected chi connectivity index (χ3v) is 14.1. The maximum absolute atomic E-state index is 2.53. The minimum absolute atomic E-state index is 0.0113. The Bertz CT molecular complexity index is 1770. The van der Waals surface area contributed by atoms with Crippen LogP contribution in [0.25, 0.3) is 11.1 Å². The molecule has 4 aromatic carbocycles. The Labute approximate surface area is 263 Å². The Morgan fingerprint density at radius 2 is 1.32 bits per heavy atom. The van der Waals surface area contributed by atoms with E-state index < -0.39 is 0 Å². The van der Waals surface area contributed by atoms with E-state index >= 15 is 0 Å². The third-order valence-electron chi connectivity index (χ3n) is 14.1. The average Bonchev–Trinajstić information content (AvgIpc) is 3.64. The molecular weight excluding hydrogens is 530 g/mol. The highest BCUT2D eigenvalue weighted by atomic mass is 15.1. The summed E-state index contributed by atoms with van der Waals surface area (Å²) in [5.74, 6) is 3.77. The Morgan fingerprint density at radius 1 is 0.614 bits per heavy atom. The summed E-state index contributed by atoms with van der Waals surface area (Å²) < 4.78 is 0. The fourth-order valence-electron chi connectivity index (χ4n) is 12.2.